The van der Waals surface area contributed by atoms with Crippen LogP contribution in [0.5, 0.6) is 0 Å². The second-order valence-electron chi connectivity index (χ2n) is 8.69. The Morgan fingerprint density at radius 2 is 1.68 bits per heavy atom. The Labute approximate surface area is 190 Å². The van der Waals surface area contributed by atoms with Crippen LogP contribution in [0.25, 0.3) is 0 Å². The number of benzene rings is 2. The Hall–Kier alpha value is -1.89. The first kappa shape index (κ1) is 23.8. The van der Waals surface area contributed by atoms with E-state index in [1.165, 1.54) is 0 Å². The second kappa shape index (κ2) is 10.6. The molecule has 168 valence electrons. The molecule has 1 atom stereocenters. The summed E-state index contributed by atoms with van der Waals surface area (Å²) in [5, 5.41) is 3.76. The molecule has 0 spiro atoms. The number of halogens is 1. The topological polar surface area (TPSA) is 66.5 Å². The largest absolute Gasteiger partial charge is 0.345 e. The molecule has 1 fully saturated rings. The zero-order chi connectivity index (χ0) is 22.4. The second-order valence-corrected chi connectivity index (χ2v) is 11.1. The van der Waals surface area contributed by atoms with E-state index in [0.717, 1.165) is 24.8 Å². The summed E-state index contributed by atoms with van der Waals surface area (Å²) < 4.78 is 26.7. The van der Waals surface area contributed by atoms with Gasteiger partial charge in [0, 0.05) is 23.7 Å². The maximum Gasteiger partial charge on any atom is 0.251 e. The van der Waals surface area contributed by atoms with Crippen molar-refractivity contribution in [3.8, 4) is 0 Å². The predicted molar refractivity (Wildman–Crippen MR) is 126 cm³/mol. The van der Waals surface area contributed by atoms with Gasteiger partial charge in [-0.1, -0.05) is 55.8 Å². The number of hydrogen-bond acceptors (Lipinski definition) is 3. The predicted octanol–water partition coefficient (Wildman–Crippen LogP) is 4.90. The van der Waals surface area contributed by atoms with Gasteiger partial charge in [-0.15, -0.1) is 0 Å². The summed E-state index contributed by atoms with van der Waals surface area (Å²) in [6.07, 6.45) is 2.39. The Kier molecular flexibility index (Phi) is 8.14. The van der Waals surface area contributed by atoms with Gasteiger partial charge >= 0.3 is 0 Å². The van der Waals surface area contributed by atoms with Gasteiger partial charge in [0.05, 0.1) is 11.8 Å². The quantitative estimate of drug-likeness (QED) is 0.606. The van der Waals surface area contributed by atoms with Gasteiger partial charge in [-0.05, 0) is 60.9 Å². The Morgan fingerprint density at radius 3 is 2.26 bits per heavy atom. The molecule has 1 heterocycles. The molecule has 3 rings (SSSR count). The summed E-state index contributed by atoms with van der Waals surface area (Å²) in [5.74, 6) is 0.526. The summed E-state index contributed by atoms with van der Waals surface area (Å²) in [5.41, 5.74) is 1.62. The van der Waals surface area contributed by atoms with Crippen molar-refractivity contribution in [3.05, 3.63) is 70.7 Å². The first-order valence-electron chi connectivity index (χ1n) is 10.8. The molecule has 2 aromatic rings. The van der Waals surface area contributed by atoms with Crippen LogP contribution in [0.4, 0.5) is 0 Å². The molecule has 7 heteroatoms. The van der Waals surface area contributed by atoms with Crippen LogP contribution in [-0.4, -0.2) is 37.5 Å². The van der Waals surface area contributed by atoms with Crippen molar-refractivity contribution in [2.24, 2.45) is 11.8 Å². The van der Waals surface area contributed by atoms with E-state index in [9.17, 15) is 13.2 Å². The van der Waals surface area contributed by atoms with Gasteiger partial charge < -0.3 is 5.32 Å². The van der Waals surface area contributed by atoms with Gasteiger partial charge in [0.25, 0.3) is 5.91 Å². The summed E-state index contributed by atoms with van der Waals surface area (Å²) in [4.78, 5) is 12.8. The number of carbonyl (C=O) groups is 1. The van der Waals surface area contributed by atoms with Crippen LogP contribution in [0.3, 0.4) is 0 Å². The lowest BCUT2D eigenvalue weighted by atomic mass is 9.88. The molecule has 0 bridgehead atoms. The minimum absolute atomic E-state index is 0.119. The monoisotopic (exact) mass is 462 g/mol. The number of nitrogens with one attached hydrogen (secondary N) is 1. The van der Waals surface area contributed by atoms with Crippen molar-refractivity contribution in [3.63, 3.8) is 0 Å². The molecule has 1 amide bonds. The van der Waals surface area contributed by atoms with Crippen molar-refractivity contribution in [2.45, 2.75) is 39.2 Å². The van der Waals surface area contributed by atoms with Crippen LogP contribution >= 0.6 is 11.6 Å². The third-order valence-corrected chi connectivity index (χ3v) is 8.19. The number of rotatable bonds is 8. The Balaban J connectivity index is 1.66. The fourth-order valence-corrected chi connectivity index (χ4v) is 6.04. The van der Waals surface area contributed by atoms with Gasteiger partial charge in [-0.3, -0.25) is 4.79 Å². The lowest BCUT2D eigenvalue weighted by Crippen LogP contribution is -2.41. The minimum atomic E-state index is -3.19. The summed E-state index contributed by atoms with van der Waals surface area (Å²) >= 11 is 5.94. The molecule has 0 aromatic heterocycles. The number of nitrogens with zero attached hydrogens (tertiary/aromatic N) is 1. The van der Waals surface area contributed by atoms with E-state index in [4.69, 9.17) is 11.6 Å². The van der Waals surface area contributed by atoms with Crippen molar-refractivity contribution in [1.82, 2.24) is 9.62 Å². The van der Waals surface area contributed by atoms with Crippen LogP contribution in [0, 0.1) is 11.8 Å². The molecule has 1 aliphatic heterocycles. The molecular formula is C24H31ClN2O3S. The fraction of sp³-hybridized carbons (Fsp3) is 0.458. The lowest BCUT2D eigenvalue weighted by Gasteiger charge is -2.33. The van der Waals surface area contributed by atoms with Crippen LogP contribution in [0.2, 0.25) is 5.02 Å². The number of carbonyl (C=O) groups excluding carboxylic acids is 1. The van der Waals surface area contributed by atoms with Gasteiger partial charge in [0.1, 0.15) is 0 Å². The Morgan fingerprint density at radius 1 is 1.06 bits per heavy atom. The molecule has 1 aliphatic rings. The molecule has 0 saturated carbocycles. The lowest BCUT2D eigenvalue weighted by molar-refractivity contribution is 0.0927. The molecule has 0 aliphatic carbocycles. The highest BCUT2D eigenvalue weighted by molar-refractivity contribution is 7.89. The third kappa shape index (κ3) is 6.79. The van der Waals surface area contributed by atoms with E-state index in [-0.39, 0.29) is 23.6 Å². The van der Waals surface area contributed by atoms with Gasteiger partial charge in [0.2, 0.25) is 10.0 Å². The average molecular weight is 463 g/mol. The highest BCUT2D eigenvalue weighted by Crippen LogP contribution is 2.30. The van der Waals surface area contributed by atoms with Gasteiger partial charge in [-0.2, -0.15) is 0 Å². The van der Waals surface area contributed by atoms with Gasteiger partial charge in [0.15, 0.2) is 0 Å². The normalized spacial score (nSPS) is 16.9. The van der Waals surface area contributed by atoms with Crippen LogP contribution < -0.4 is 5.32 Å². The molecule has 5 nitrogen and oxygen atoms in total. The number of piperidine rings is 1. The standard InChI is InChI=1S/C24H31ClN2O3S/c1-18(2)17-31(29,30)27-14-12-19(13-15-27)16-23(20-6-4-3-5-7-20)26-24(28)21-8-10-22(25)11-9-21/h3-11,18-19,23H,12-17H2,1-2H3,(H,26,28). The average Bonchev–Trinajstić information content (AvgIpc) is 2.74. The number of sulfonamides is 1. The fourth-order valence-electron chi connectivity index (χ4n) is 4.09. The molecule has 1 saturated heterocycles. The minimum Gasteiger partial charge on any atom is -0.345 e. The number of hydrogen-bond donors (Lipinski definition) is 1. The van der Waals surface area contributed by atoms with Crippen LogP contribution in [0.15, 0.2) is 54.6 Å². The van der Waals surface area contributed by atoms with Crippen LogP contribution in [-0.2, 0) is 10.0 Å². The van der Waals surface area contributed by atoms with E-state index in [1.54, 1.807) is 28.6 Å². The van der Waals surface area contributed by atoms with E-state index in [2.05, 4.69) is 5.32 Å². The zero-order valence-electron chi connectivity index (χ0n) is 18.1. The summed E-state index contributed by atoms with van der Waals surface area (Å²) in [6, 6.07) is 16.7. The molecule has 1 unspecified atom stereocenters. The van der Waals surface area contributed by atoms with Crippen molar-refractivity contribution < 1.29 is 13.2 Å². The highest BCUT2D eigenvalue weighted by atomic mass is 35.5. The molecule has 0 radical (unpaired) electrons. The summed E-state index contributed by atoms with van der Waals surface area (Å²) in [7, 11) is -3.19. The van der Waals surface area contributed by atoms with Crippen LogP contribution in [0.1, 0.15) is 55.1 Å². The molecule has 2 aromatic carbocycles. The summed E-state index contributed by atoms with van der Waals surface area (Å²) in [6.45, 7) is 4.95. The molecule has 31 heavy (non-hydrogen) atoms. The molecular weight excluding hydrogens is 432 g/mol. The zero-order valence-corrected chi connectivity index (χ0v) is 19.7. The van der Waals surface area contributed by atoms with E-state index >= 15 is 0 Å². The highest BCUT2D eigenvalue weighted by Gasteiger charge is 2.30. The van der Waals surface area contributed by atoms with E-state index < -0.39 is 10.0 Å². The maximum absolute atomic E-state index is 12.8. The SMILES string of the molecule is CC(C)CS(=O)(=O)N1CCC(CC(NC(=O)c2ccc(Cl)cc2)c2ccccc2)CC1. The maximum atomic E-state index is 12.8. The van der Waals surface area contributed by atoms with Crippen molar-refractivity contribution in [2.75, 3.05) is 18.8 Å². The first-order valence-corrected chi connectivity index (χ1v) is 12.8. The van der Waals surface area contributed by atoms with E-state index in [0.29, 0.717) is 29.6 Å². The Bertz CT molecular complexity index is 954. The van der Waals surface area contributed by atoms with E-state index in [1.807, 2.05) is 44.2 Å². The first-order chi connectivity index (χ1) is 14.7. The van der Waals surface area contributed by atoms with Crippen molar-refractivity contribution in [1.29, 1.82) is 0 Å². The van der Waals surface area contributed by atoms with Gasteiger partial charge in [-0.25, -0.2) is 12.7 Å². The number of amides is 1. The smallest absolute Gasteiger partial charge is 0.251 e. The molecule has 1 N–H and O–H groups in total. The third-order valence-electron chi connectivity index (χ3n) is 5.69. The van der Waals surface area contributed by atoms with Crippen molar-refractivity contribution >= 4 is 27.5 Å².